The van der Waals surface area contributed by atoms with Crippen molar-refractivity contribution in [2.45, 2.75) is 32.4 Å². The van der Waals surface area contributed by atoms with Gasteiger partial charge in [-0.05, 0) is 44.1 Å². The van der Waals surface area contributed by atoms with Gasteiger partial charge in [0, 0.05) is 29.2 Å². The van der Waals surface area contributed by atoms with E-state index in [1.807, 2.05) is 12.1 Å². The molecule has 0 amide bonds. The van der Waals surface area contributed by atoms with E-state index in [2.05, 4.69) is 39.1 Å². The summed E-state index contributed by atoms with van der Waals surface area (Å²) in [6.07, 6.45) is 2.43. The second-order valence-electron chi connectivity index (χ2n) is 5.07. The lowest BCUT2D eigenvalue weighted by Gasteiger charge is -2.28. The molecule has 2 rings (SSSR count). The van der Waals surface area contributed by atoms with Crippen molar-refractivity contribution in [1.82, 2.24) is 10.2 Å². The van der Waals surface area contributed by atoms with Crippen LogP contribution in [0, 0.1) is 0 Å². The van der Waals surface area contributed by atoms with Crippen molar-refractivity contribution >= 4 is 15.9 Å². The van der Waals surface area contributed by atoms with Crippen LogP contribution in [0.25, 0.3) is 0 Å². The van der Waals surface area contributed by atoms with Crippen molar-refractivity contribution in [2.75, 3.05) is 26.7 Å². The van der Waals surface area contributed by atoms with Crippen LogP contribution in [0.2, 0.25) is 0 Å². The van der Waals surface area contributed by atoms with E-state index < -0.39 is 0 Å². The molecule has 1 aromatic rings. The number of ether oxygens (including phenoxy) is 1. The van der Waals surface area contributed by atoms with Crippen LogP contribution in [0.3, 0.4) is 0 Å². The number of nitrogens with one attached hydrogen (secondary N) is 1. The highest BCUT2D eigenvalue weighted by molar-refractivity contribution is 9.10. The molecule has 0 bridgehead atoms. The largest absolute Gasteiger partial charge is 0.496 e. The minimum absolute atomic E-state index is 0.656. The predicted octanol–water partition coefficient (Wildman–Crippen LogP) is 3.03. The molecule has 1 heterocycles. The summed E-state index contributed by atoms with van der Waals surface area (Å²) >= 11 is 3.55. The zero-order valence-electron chi connectivity index (χ0n) is 11.8. The standard InChI is InChI=1S/C15H23BrN2O/c1-3-8-18(14-6-7-17-10-14)11-12-9-13(16)4-5-15(12)19-2/h4-5,9,14,17H,3,6-8,10-11H2,1-2H3. The first kappa shape index (κ1) is 14.8. The van der Waals surface area contributed by atoms with E-state index in [9.17, 15) is 0 Å². The van der Waals surface area contributed by atoms with Crippen molar-refractivity contribution in [1.29, 1.82) is 0 Å². The molecule has 3 nitrogen and oxygen atoms in total. The summed E-state index contributed by atoms with van der Waals surface area (Å²) in [5.74, 6) is 0.982. The number of halogens is 1. The Morgan fingerprint density at radius 2 is 2.32 bits per heavy atom. The summed E-state index contributed by atoms with van der Waals surface area (Å²) in [5, 5.41) is 3.45. The van der Waals surface area contributed by atoms with Crippen LogP contribution in [0.4, 0.5) is 0 Å². The van der Waals surface area contributed by atoms with Gasteiger partial charge in [-0.15, -0.1) is 0 Å². The zero-order chi connectivity index (χ0) is 13.7. The molecule has 1 aromatic carbocycles. The van der Waals surface area contributed by atoms with Crippen LogP contribution in [-0.4, -0.2) is 37.7 Å². The quantitative estimate of drug-likeness (QED) is 0.869. The fourth-order valence-electron chi connectivity index (χ4n) is 2.72. The Kier molecular flexibility index (Phi) is 5.67. The van der Waals surface area contributed by atoms with Gasteiger partial charge in [-0.3, -0.25) is 4.90 Å². The van der Waals surface area contributed by atoms with Crippen LogP contribution in [-0.2, 0) is 6.54 Å². The second kappa shape index (κ2) is 7.27. The molecule has 1 unspecified atom stereocenters. The van der Waals surface area contributed by atoms with Crippen molar-refractivity contribution in [3.63, 3.8) is 0 Å². The monoisotopic (exact) mass is 326 g/mol. The van der Waals surface area contributed by atoms with Gasteiger partial charge in [0.1, 0.15) is 5.75 Å². The van der Waals surface area contributed by atoms with Gasteiger partial charge in [0.25, 0.3) is 0 Å². The Hall–Kier alpha value is -0.580. The van der Waals surface area contributed by atoms with Gasteiger partial charge in [0.05, 0.1) is 7.11 Å². The SMILES string of the molecule is CCCN(Cc1cc(Br)ccc1OC)C1CCNC1. The molecule has 1 aliphatic heterocycles. The van der Waals surface area contributed by atoms with E-state index in [1.165, 1.54) is 18.4 Å². The molecular formula is C15H23BrN2O. The van der Waals surface area contributed by atoms with Gasteiger partial charge in [-0.1, -0.05) is 22.9 Å². The molecule has 1 atom stereocenters. The smallest absolute Gasteiger partial charge is 0.123 e. The van der Waals surface area contributed by atoms with Crippen LogP contribution in [0.15, 0.2) is 22.7 Å². The number of benzene rings is 1. The average molecular weight is 327 g/mol. The van der Waals surface area contributed by atoms with E-state index in [-0.39, 0.29) is 0 Å². The molecule has 0 aliphatic carbocycles. The third-order valence-electron chi connectivity index (χ3n) is 3.68. The summed E-state index contributed by atoms with van der Waals surface area (Å²) in [5.41, 5.74) is 1.26. The first-order valence-corrected chi connectivity index (χ1v) is 7.81. The number of rotatable bonds is 6. The van der Waals surface area contributed by atoms with Crippen LogP contribution >= 0.6 is 15.9 Å². The maximum Gasteiger partial charge on any atom is 0.123 e. The number of nitrogens with zero attached hydrogens (tertiary/aromatic N) is 1. The number of methoxy groups -OCH3 is 1. The highest BCUT2D eigenvalue weighted by Gasteiger charge is 2.22. The van der Waals surface area contributed by atoms with Gasteiger partial charge in [-0.2, -0.15) is 0 Å². The normalized spacial score (nSPS) is 19.1. The molecular weight excluding hydrogens is 304 g/mol. The lowest BCUT2D eigenvalue weighted by molar-refractivity contribution is 0.197. The second-order valence-corrected chi connectivity index (χ2v) is 5.99. The highest BCUT2D eigenvalue weighted by atomic mass is 79.9. The van der Waals surface area contributed by atoms with Gasteiger partial charge < -0.3 is 10.1 Å². The molecule has 0 radical (unpaired) electrons. The Bertz CT molecular complexity index is 405. The summed E-state index contributed by atoms with van der Waals surface area (Å²) in [6, 6.07) is 6.90. The topological polar surface area (TPSA) is 24.5 Å². The molecule has 1 saturated heterocycles. The Labute approximate surface area is 124 Å². The Morgan fingerprint density at radius 3 is 2.95 bits per heavy atom. The van der Waals surface area contributed by atoms with Gasteiger partial charge >= 0.3 is 0 Å². The van der Waals surface area contributed by atoms with Crippen molar-refractivity contribution in [3.05, 3.63) is 28.2 Å². The van der Waals surface area contributed by atoms with Crippen LogP contribution in [0.5, 0.6) is 5.75 Å². The minimum Gasteiger partial charge on any atom is -0.496 e. The molecule has 19 heavy (non-hydrogen) atoms. The summed E-state index contributed by atoms with van der Waals surface area (Å²) in [4.78, 5) is 2.57. The predicted molar refractivity (Wildman–Crippen MR) is 82.7 cm³/mol. The molecule has 0 saturated carbocycles. The number of hydrogen-bond donors (Lipinski definition) is 1. The summed E-state index contributed by atoms with van der Waals surface area (Å²) in [6.45, 7) is 6.59. The Morgan fingerprint density at radius 1 is 1.47 bits per heavy atom. The van der Waals surface area contributed by atoms with E-state index in [4.69, 9.17) is 4.74 Å². The van der Waals surface area contributed by atoms with E-state index in [0.29, 0.717) is 6.04 Å². The molecule has 106 valence electrons. The van der Waals surface area contributed by atoms with E-state index >= 15 is 0 Å². The van der Waals surface area contributed by atoms with E-state index in [1.54, 1.807) is 7.11 Å². The van der Waals surface area contributed by atoms with Gasteiger partial charge in [0.15, 0.2) is 0 Å². The molecule has 1 fully saturated rings. The van der Waals surface area contributed by atoms with Crippen LogP contribution < -0.4 is 10.1 Å². The minimum atomic E-state index is 0.656. The maximum absolute atomic E-state index is 5.48. The lowest BCUT2D eigenvalue weighted by atomic mass is 10.1. The zero-order valence-corrected chi connectivity index (χ0v) is 13.4. The number of hydrogen-bond acceptors (Lipinski definition) is 3. The van der Waals surface area contributed by atoms with Crippen molar-refractivity contribution in [2.24, 2.45) is 0 Å². The van der Waals surface area contributed by atoms with E-state index in [0.717, 1.165) is 36.4 Å². The molecule has 0 spiro atoms. The fraction of sp³-hybridized carbons (Fsp3) is 0.600. The fourth-order valence-corrected chi connectivity index (χ4v) is 3.13. The van der Waals surface area contributed by atoms with Crippen molar-refractivity contribution in [3.8, 4) is 5.75 Å². The molecule has 1 aliphatic rings. The third kappa shape index (κ3) is 3.94. The van der Waals surface area contributed by atoms with Gasteiger partial charge in [0.2, 0.25) is 0 Å². The first-order chi connectivity index (χ1) is 9.24. The average Bonchev–Trinajstić information content (AvgIpc) is 2.92. The first-order valence-electron chi connectivity index (χ1n) is 7.01. The maximum atomic E-state index is 5.48. The summed E-state index contributed by atoms with van der Waals surface area (Å²) < 4.78 is 6.59. The molecule has 1 N–H and O–H groups in total. The molecule has 4 heteroatoms. The van der Waals surface area contributed by atoms with Gasteiger partial charge in [-0.25, -0.2) is 0 Å². The van der Waals surface area contributed by atoms with Crippen LogP contribution in [0.1, 0.15) is 25.3 Å². The van der Waals surface area contributed by atoms with Crippen molar-refractivity contribution < 1.29 is 4.74 Å². The Balaban J connectivity index is 2.13. The highest BCUT2D eigenvalue weighted by Crippen LogP contribution is 2.25. The third-order valence-corrected chi connectivity index (χ3v) is 4.17. The molecule has 0 aromatic heterocycles. The lowest BCUT2D eigenvalue weighted by Crippen LogP contribution is -2.37. The summed E-state index contributed by atoms with van der Waals surface area (Å²) in [7, 11) is 1.74.